The number of aromatic nitrogens is 2. The van der Waals surface area contributed by atoms with Crippen molar-refractivity contribution in [2.45, 2.75) is 13.3 Å². The lowest BCUT2D eigenvalue weighted by atomic mass is 10.3. The van der Waals surface area contributed by atoms with Crippen LogP contribution in [-0.4, -0.2) is 54.6 Å². The first-order chi connectivity index (χ1) is 8.29. The van der Waals surface area contributed by atoms with Gasteiger partial charge in [0.1, 0.15) is 11.6 Å². The smallest absolute Gasteiger partial charge is 0.149 e. The Kier molecular flexibility index (Phi) is 4.14. The zero-order valence-corrected chi connectivity index (χ0v) is 10.7. The number of hydrogen-bond acceptors (Lipinski definition) is 5. The molecule has 2 rings (SSSR count). The molecule has 0 unspecified atom stereocenters. The minimum absolute atomic E-state index is 0.878. The molecule has 0 aromatic carbocycles. The monoisotopic (exact) mass is 235 g/mol. The SMILES string of the molecule is CCCNc1cncc(N2CCN(C)CC2)n1. The van der Waals surface area contributed by atoms with Crippen LogP contribution in [0.2, 0.25) is 0 Å². The lowest BCUT2D eigenvalue weighted by molar-refractivity contribution is 0.312. The Bertz CT molecular complexity index is 347. The largest absolute Gasteiger partial charge is 0.369 e. The molecule has 0 spiro atoms. The lowest BCUT2D eigenvalue weighted by Gasteiger charge is -2.33. The maximum absolute atomic E-state index is 4.59. The van der Waals surface area contributed by atoms with Gasteiger partial charge in [-0.2, -0.15) is 0 Å². The fourth-order valence-corrected chi connectivity index (χ4v) is 1.88. The van der Waals surface area contributed by atoms with Crippen LogP contribution >= 0.6 is 0 Å². The van der Waals surface area contributed by atoms with Crippen molar-refractivity contribution in [3.05, 3.63) is 12.4 Å². The minimum atomic E-state index is 0.878. The Morgan fingerprint density at radius 2 is 2.00 bits per heavy atom. The highest BCUT2D eigenvalue weighted by atomic mass is 15.3. The standard InChI is InChI=1S/C12H21N5/c1-3-4-14-11-9-13-10-12(15-11)17-7-5-16(2)6-8-17/h9-10H,3-8H2,1-2H3,(H,14,15). The first kappa shape index (κ1) is 12.1. The first-order valence-electron chi connectivity index (χ1n) is 6.29. The van der Waals surface area contributed by atoms with Crippen LogP contribution < -0.4 is 10.2 Å². The first-order valence-corrected chi connectivity index (χ1v) is 6.29. The number of likely N-dealkylation sites (N-methyl/N-ethyl adjacent to an activating group) is 1. The summed E-state index contributed by atoms with van der Waals surface area (Å²) in [5.41, 5.74) is 0. The summed E-state index contributed by atoms with van der Waals surface area (Å²) in [6.07, 6.45) is 4.73. The van der Waals surface area contributed by atoms with Crippen LogP contribution in [0.3, 0.4) is 0 Å². The van der Waals surface area contributed by atoms with Crippen molar-refractivity contribution in [3.63, 3.8) is 0 Å². The molecule has 2 heterocycles. The van der Waals surface area contributed by atoms with E-state index in [0.29, 0.717) is 0 Å². The average Bonchev–Trinajstić information content (AvgIpc) is 2.37. The van der Waals surface area contributed by atoms with Gasteiger partial charge in [-0.15, -0.1) is 0 Å². The summed E-state index contributed by atoms with van der Waals surface area (Å²) in [6, 6.07) is 0. The zero-order chi connectivity index (χ0) is 12.1. The molecular formula is C12H21N5. The van der Waals surface area contributed by atoms with E-state index in [9.17, 15) is 0 Å². The molecule has 1 aliphatic rings. The number of piperazine rings is 1. The van der Waals surface area contributed by atoms with Gasteiger partial charge in [-0.25, -0.2) is 4.98 Å². The number of anilines is 2. The van der Waals surface area contributed by atoms with Crippen molar-refractivity contribution >= 4 is 11.6 Å². The number of nitrogens with one attached hydrogen (secondary N) is 1. The van der Waals surface area contributed by atoms with E-state index in [-0.39, 0.29) is 0 Å². The average molecular weight is 235 g/mol. The Balaban J connectivity index is 2.00. The summed E-state index contributed by atoms with van der Waals surface area (Å²) in [4.78, 5) is 13.5. The predicted octanol–water partition coefficient (Wildman–Crippen LogP) is 1.05. The zero-order valence-electron chi connectivity index (χ0n) is 10.7. The Hall–Kier alpha value is -1.36. The summed E-state index contributed by atoms with van der Waals surface area (Å²) in [5, 5.41) is 3.27. The molecule has 5 nitrogen and oxygen atoms in total. The van der Waals surface area contributed by atoms with Crippen molar-refractivity contribution in [2.24, 2.45) is 0 Å². The molecule has 0 saturated carbocycles. The van der Waals surface area contributed by atoms with Crippen LogP contribution in [-0.2, 0) is 0 Å². The molecule has 1 aliphatic heterocycles. The van der Waals surface area contributed by atoms with Crippen molar-refractivity contribution in [1.82, 2.24) is 14.9 Å². The van der Waals surface area contributed by atoms with Gasteiger partial charge in [0.05, 0.1) is 12.4 Å². The Morgan fingerprint density at radius 1 is 1.24 bits per heavy atom. The van der Waals surface area contributed by atoms with Crippen LogP contribution in [0.5, 0.6) is 0 Å². The van der Waals surface area contributed by atoms with Gasteiger partial charge in [-0.3, -0.25) is 4.98 Å². The van der Waals surface area contributed by atoms with E-state index in [4.69, 9.17) is 0 Å². The van der Waals surface area contributed by atoms with Crippen LogP contribution in [0.1, 0.15) is 13.3 Å². The second-order valence-electron chi connectivity index (χ2n) is 4.48. The van der Waals surface area contributed by atoms with Crippen molar-refractivity contribution < 1.29 is 0 Å². The highest BCUT2D eigenvalue weighted by Crippen LogP contribution is 2.14. The molecule has 17 heavy (non-hydrogen) atoms. The van der Waals surface area contributed by atoms with Gasteiger partial charge in [0.25, 0.3) is 0 Å². The maximum atomic E-state index is 4.59. The number of hydrogen-bond donors (Lipinski definition) is 1. The van der Waals surface area contributed by atoms with Gasteiger partial charge in [0.15, 0.2) is 0 Å². The topological polar surface area (TPSA) is 44.3 Å². The van der Waals surface area contributed by atoms with Gasteiger partial charge < -0.3 is 15.1 Å². The van der Waals surface area contributed by atoms with Crippen LogP contribution in [0, 0.1) is 0 Å². The van der Waals surface area contributed by atoms with E-state index in [1.54, 1.807) is 6.20 Å². The third-order valence-electron chi connectivity index (χ3n) is 3.01. The molecule has 0 amide bonds. The molecule has 0 aliphatic carbocycles. The van der Waals surface area contributed by atoms with E-state index in [0.717, 1.165) is 50.8 Å². The molecule has 1 aromatic heterocycles. The maximum Gasteiger partial charge on any atom is 0.149 e. The molecule has 1 N–H and O–H groups in total. The molecule has 94 valence electrons. The van der Waals surface area contributed by atoms with E-state index >= 15 is 0 Å². The Morgan fingerprint density at radius 3 is 2.71 bits per heavy atom. The van der Waals surface area contributed by atoms with Crippen molar-refractivity contribution in [2.75, 3.05) is 50.0 Å². The van der Waals surface area contributed by atoms with Crippen molar-refractivity contribution in [1.29, 1.82) is 0 Å². The van der Waals surface area contributed by atoms with Crippen LogP contribution in [0.25, 0.3) is 0 Å². The fraction of sp³-hybridized carbons (Fsp3) is 0.667. The van der Waals surface area contributed by atoms with Gasteiger partial charge in [-0.05, 0) is 13.5 Å². The highest BCUT2D eigenvalue weighted by molar-refractivity contribution is 5.44. The highest BCUT2D eigenvalue weighted by Gasteiger charge is 2.15. The molecule has 0 radical (unpaired) electrons. The van der Waals surface area contributed by atoms with Crippen LogP contribution in [0.4, 0.5) is 11.6 Å². The van der Waals surface area contributed by atoms with Gasteiger partial charge >= 0.3 is 0 Å². The van der Waals surface area contributed by atoms with E-state index < -0.39 is 0 Å². The molecule has 1 fully saturated rings. The van der Waals surface area contributed by atoms with Crippen molar-refractivity contribution in [3.8, 4) is 0 Å². The predicted molar refractivity (Wildman–Crippen MR) is 70.5 cm³/mol. The van der Waals surface area contributed by atoms with Gasteiger partial charge in [-0.1, -0.05) is 6.92 Å². The summed E-state index contributed by atoms with van der Waals surface area (Å²) in [7, 11) is 2.16. The quantitative estimate of drug-likeness (QED) is 0.845. The molecule has 0 bridgehead atoms. The molecule has 1 saturated heterocycles. The summed E-state index contributed by atoms with van der Waals surface area (Å²) < 4.78 is 0. The third kappa shape index (κ3) is 3.30. The molecule has 0 atom stereocenters. The van der Waals surface area contributed by atoms with Crippen LogP contribution in [0.15, 0.2) is 12.4 Å². The van der Waals surface area contributed by atoms with Gasteiger partial charge in [0, 0.05) is 32.7 Å². The summed E-state index contributed by atoms with van der Waals surface area (Å²) in [6.45, 7) is 7.33. The second kappa shape index (κ2) is 5.82. The van der Waals surface area contributed by atoms with E-state index in [1.165, 1.54) is 0 Å². The second-order valence-corrected chi connectivity index (χ2v) is 4.48. The molecular weight excluding hydrogens is 214 g/mol. The fourth-order valence-electron chi connectivity index (χ4n) is 1.88. The summed E-state index contributed by atoms with van der Waals surface area (Å²) >= 11 is 0. The summed E-state index contributed by atoms with van der Waals surface area (Å²) in [5.74, 6) is 1.86. The number of rotatable bonds is 4. The molecule has 1 aromatic rings. The number of nitrogens with zero attached hydrogens (tertiary/aromatic N) is 4. The lowest BCUT2D eigenvalue weighted by Crippen LogP contribution is -2.44. The molecule has 5 heteroatoms. The van der Waals surface area contributed by atoms with E-state index in [1.807, 2.05) is 6.20 Å². The Labute approximate surface area is 103 Å². The van der Waals surface area contributed by atoms with Gasteiger partial charge in [0.2, 0.25) is 0 Å². The third-order valence-corrected chi connectivity index (χ3v) is 3.01. The normalized spacial score (nSPS) is 17.2. The minimum Gasteiger partial charge on any atom is -0.369 e. The van der Waals surface area contributed by atoms with E-state index in [2.05, 4.69) is 39.1 Å².